The molecule has 1 rings (SSSR count). The van der Waals surface area contributed by atoms with Crippen molar-refractivity contribution in [2.24, 2.45) is 0 Å². The molecule has 0 unspecified atom stereocenters. The van der Waals surface area contributed by atoms with Crippen LogP contribution in [0.3, 0.4) is 0 Å². The number of nitrogens with one attached hydrogen (secondary N) is 1. The molecule has 1 aliphatic rings. The summed E-state index contributed by atoms with van der Waals surface area (Å²) < 4.78 is 15.4. The van der Waals surface area contributed by atoms with Crippen LogP contribution in [0, 0.1) is 0 Å². The number of ether oxygens (including phenoxy) is 3. The summed E-state index contributed by atoms with van der Waals surface area (Å²) >= 11 is 0. The highest BCUT2D eigenvalue weighted by atomic mass is 16.5. The number of rotatable bonds is 9. The van der Waals surface area contributed by atoms with Crippen molar-refractivity contribution in [1.82, 2.24) is 5.32 Å². The molecule has 1 heterocycles. The van der Waals surface area contributed by atoms with Gasteiger partial charge in [0.05, 0.1) is 18.8 Å². The molecule has 0 saturated carbocycles. The first-order valence-electron chi connectivity index (χ1n) is 6.34. The summed E-state index contributed by atoms with van der Waals surface area (Å²) in [7, 11) is 1.67. The summed E-state index contributed by atoms with van der Waals surface area (Å²) in [5, 5.41) is 13.4. The largest absolute Gasteiger partial charge is 0.388 e. The Morgan fingerprint density at radius 1 is 1.24 bits per heavy atom. The molecular weight excluding hydrogens is 222 g/mol. The van der Waals surface area contributed by atoms with E-state index in [4.69, 9.17) is 14.2 Å². The molecule has 1 aliphatic heterocycles. The molecule has 0 aromatic rings. The lowest BCUT2D eigenvalue weighted by molar-refractivity contribution is -0.0616. The highest BCUT2D eigenvalue weighted by molar-refractivity contribution is 4.83. The van der Waals surface area contributed by atoms with E-state index in [1.807, 2.05) is 0 Å². The Kier molecular flexibility index (Phi) is 7.72. The quantitative estimate of drug-likeness (QED) is 0.569. The van der Waals surface area contributed by atoms with E-state index in [0.29, 0.717) is 33.0 Å². The fourth-order valence-corrected chi connectivity index (χ4v) is 1.79. The molecule has 0 spiro atoms. The zero-order valence-corrected chi connectivity index (χ0v) is 10.7. The van der Waals surface area contributed by atoms with Crippen molar-refractivity contribution >= 4 is 0 Å². The minimum absolute atomic E-state index is 0.574. The molecule has 5 heteroatoms. The zero-order valence-electron chi connectivity index (χ0n) is 10.7. The van der Waals surface area contributed by atoms with Crippen molar-refractivity contribution in [3.05, 3.63) is 0 Å². The van der Waals surface area contributed by atoms with Crippen molar-refractivity contribution in [2.45, 2.75) is 24.9 Å². The molecule has 0 aliphatic carbocycles. The Hall–Kier alpha value is -0.200. The molecule has 1 fully saturated rings. The topological polar surface area (TPSA) is 60.0 Å². The van der Waals surface area contributed by atoms with Gasteiger partial charge in [-0.1, -0.05) is 0 Å². The first-order chi connectivity index (χ1) is 8.27. The second kappa shape index (κ2) is 8.83. The van der Waals surface area contributed by atoms with Crippen LogP contribution in [0.2, 0.25) is 0 Å². The third kappa shape index (κ3) is 6.95. The average molecular weight is 247 g/mol. The normalized spacial score (nSPS) is 19.4. The van der Waals surface area contributed by atoms with Gasteiger partial charge in [0.25, 0.3) is 0 Å². The van der Waals surface area contributed by atoms with Crippen molar-refractivity contribution in [1.29, 1.82) is 0 Å². The Bertz CT molecular complexity index is 183. The van der Waals surface area contributed by atoms with Gasteiger partial charge >= 0.3 is 0 Å². The standard InChI is InChI=1S/C12H25NO4/c1-15-9-10-16-6-2-5-13-11-12(14)3-7-17-8-4-12/h13-14H,2-11H2,1H3. The summed E-state index contributed by atoms with van der Waals surface area (Å²) in [5.74, 6) is 0. The Balaban J connectivity index is 1.89. The molecule has 102 valence electrons. The molecule has 17 heavy (non-hydrogen) atoms. The first kappa shape index (κ1) is 14.9. The van der Waals surface area contributed by atoms with Gasteiger partial charge in [-0.3, -0.25) is 0 Å². The van der Waals surface area contributed by atoms with Gasteiger partial charge in [-0.25, -0.2) is 0 Å². The average Bonchev–Trinajstić information content (AvgIpc) is 2.33. The molecule has 0 atom stereocenters. The monoisotopic (exact) mass is 247 g/mol. The minimum atomic E-state index is -0.574. The van der Waals surface area contributed by atoms with Crippen molar-refractivity contribution in [3.63, 3.8) is 0 Å². The van der Waals surface area contributed by atoms with Gasteiger partial charge < -0.3 is 24.6 Å². The highest BCUT2D eigenvalue weighted by Crippen LogP contribution is 2.18. The summed E-state index contributed by atoms with van der Waals surface area (Å²) in [6, 6.07) is 0. The fraction of sp³-hybridized carbons (Fsp3) is 1.00. The predicted octanol–water partition coefficient (Wildman–Crippen LogP) is 0.171. The molecule has 0 radical (unpaired) electrons. The third-order valence-corrected chi connectivity index (χ3v) is 2.95. The minimum Gasteiger partial charge on any atom is -0.388 e. The van der Waals surface area contributed by atoms with Gasteiger partial charge in [-0.15, -0.1) is 0 Å². The summed E-state index contributed by atoms with van der Waals surface area (Å²) in [5.41, 5.74) is -0.574. The van der Waals surface area contributed by atoms with E-state index in [9.17, 15) is 5.11 Å². The van der Waals surface area contributed by atoms with E-state index in [2.05, 4.69) is 5.32 Å². The van der Waals surface area contributed by atoms with Crippen LogP contribution in [0.5, 0.6) is 0 Å². The van der Waals surface area contributed by atoms with Crippen molar-refractivity contribution in [3.8, 4) is 0 Å². The van der Waals surface area contributed by atoms with E-state index in [0.717, 1.165) is 32.4 Å². The van der Waals surface area contributed by atoms with Gasteiger partial charge in [0.1, 0.15) is 0 Å². The maximum atomic E-state index is 10.2. The molecule has 0 aromatic heterocycles. The molecular formula is C12H25NO4. The maximum Gasteiger partial charge on any atom is 0.0815 e. The van der Waals surface area contributed by atoms with Crippen molar-refractivity contribution in [2.75, 3.05) is 53.2 Å². The third-order valence-electron chi connectivity index (χ3n) is 2.95. The predicted molar refractivity (Wildman–Crippen MR) is 65.2 cm³/mol. The lowest BCUT2D eigenvalue weighted by atomic mass is 9.94. The number of hydrogen-bond donors (Lipinski definition) is 2. The van der Waals surface area contributed by atoms with Crippen LogP contribution in [0.1, 0.15) is 19.3 Å². The van der Waals surface area contributed by atoms with E-state index in [1.54, 1.807) is 7.11 Å². The Labute approximate surface area is 103 Å². The van der Waals surface area contributed by atoms with E-state index >= 15 is 0 Å². The number of hydrogen-bond acceptors (Lipinski definition) is 5. The Morgan fingerprint density at radius 2 is 2.00 bits per heavy atom. The van der Waals surface area contributed by atoms with Crippen LogP contribution < -0.4 is 5.32 Å². The van der Waals surface area contributed by atoms with Crippen molar-refractivity contribution < 1.29 is 19.3 Å². The van der Waals surface area contributed by atoms with Crippen LogP contribution in [0.4, 0.5) is 0 Å². The molecule has 2 N–H and O–H groups in total. The van der Waals surface area contributed by atoms with Crippen LogP contribution in [0.15, 0.2) is 0 Å². The smallest absolute Gasteiger partial charge is 0.0815 e. The molecule has 0 amide bonds. The Morgan fingerprint density at radius 3 is 2.71 bits per heavy atom. The van der Waals surface area contributed by atoms with Gasteiger partial charge in [0.2, 0.25) is 0 Å². The van der Waals surface area contributed by atoms with Crippen LogP contribution in [-0.4, -0.2) is 63.9 Å². The number of aliphatic hydroxyl groups is 1. The maximum absolute atomic E-state index is 10.2. The number of methoxy groups -OCH3 is 1. The SMILES string of the molecule is COCCOCCCNCC1(O)CCOCC1. The van der Waals surface area contributed by atoms with Gasteiger partial charge in [0.15, 0.2) is 0 Å². The second-order valence-corrected chi connectivity index (χ2v) is 4.47. The van der Waals surface area contributed by atoms with Gasteiger partial charge in [-0.2, -0.15) is 0 Å². The molecule has 0 aromatic carbocycles. The van der Waals surface area contributed by atoms with Gasteiger partial charge in [-0.05, 0) is 13.0 Å². The summed E-state index contributed by atoms with van der Waals surface area (Å²) in [4.78, 5) is 0. The summed E-state index contributed by atoms with van der Waals surface area (Å²) in [6.45, 7) is 4.88. The van der Waals surface area contributed by atoms with Gasteiger partial charge in [0, 0.05) is 46.3 Å². The lowest BCUT2D eigenvalue weighted by Crippen LogP contribution is -2.45. The second-order valence-electron chi connectivity index (χ2n) is 4.47. The van der Waals surface area contributed by atoms with E-state index < -0.39 is 5.60 Å². The summed E-state index contributed by atoms with van der Waals surface area (Å²) in [6.07, 6.45) is 2.41. The van der Waals surface area contributed by atoms with E-state index in [1.165, 1.54) is 0 Å². The van der Waals surface area contributed by atoms with Crippen LogP contribution in [-0.2, 0) is 14.2 Å². The molecule has 0 bridgehead atoms. The molecule has 1 saturated heterocycles. The fourth-order valence-electron chi connectivity index (χ4n) is 1.79. The van der Waals surface area contributed by atoms with Crippen LogP contribution in [0.25, 0.3) is 0 Å². The molecule has 5 nitrogen and oxygen atoms in total. The van der Waals surface area contributed by atoms with E-state index in [-0.39, 0.29) is 0 Å². The zero-order chi connectivity index (χ0) is 12.4. The lowest BCUT2D eigenvalue weighted by Gasteiger charge is -2.32. The van der Waals surface area contributed by atoms with Crippen LogP contribution >= 0.6 is 0 Å². The first-order valence-corrected chi connectivity index (χ1v) is 6.34. The highest BCUT2D eigenvalue weighted by Gasteiger charge is 2.28.